The van der Waals surface area contributed by atoms with E-state index >= 15 is 0 Å². The predicted molar refractivity (Wildman–Crippen MR) is 106 cm³/mol. The van der Waals surface area contributed by atoms with Gasteiger partial charge >= 0.3 is 5.97 Å². The fourth-order valence-corrected chi connectivity index (χ4v) is 2.63. The van der Waals surface area contributed by atoms with E-state index < -0.39 is 12.1 Å². The molecule has 0 aliphatic rings. The number of amides is 1. The molecule has 6 heteroatoms. The Morgan fingerprint density at radius 1 is 1.00 bits per heavy atom. The first-order chi connectivity index (χ1) is 13.5. The van der Waals surface area contributed by atoms with Crippen LogP contribution in [0.1, 0.15) is 25.3 Å². The Bertz CT molecular complexity index is 745. The molecule has 0 bridgehead atoms. The molecule has 2 aromatic rings. The number of carbonyl (C=O) groups is 2. The lowest BCUT2D eigenvalue weighted by Gasteiger charge is -2.21. The number of nitrogens with zero attached hydrogens (tertiary/aromatic N) is 1. The standard InChI is InChI=1S/C22H27NO5/c1-17(22(25)23(2)16-18-8-5-4-6-9-18)28-21(24)10-7-15-27-20-13-11-19(26-3)12-14-20/h4-6,8-9,11-14,17H,7,10,15-16H2,1-3H3. The summed E-state index contributed by atoms with van der Waals surface area (Å²) in [5.41, 5.74) is 1.02. The number of benzene rings is 2. The summed E-state index contributed by atoms with van der Waals surface area (Å²) in [6.45, 7) is 2.45. The van der Waals surface area contributed by atoms with Crippen LogP contribution in [0.5, 0.6) is 11.5 Å². The van der Waals surface area contributed by atoms with Gasteiger partial charge in [-0.25, -0.2) is 0 Å². The summed E-state index contributed by atoms with van der Waals surface area (Å²) in [5.74, 6) is 0.825. The maximum absolute atomic E-state index is 12.4. The highest BCUT2D eigenvalue weighted by molar-refractivity contribution is 5.83. The SMILES string of the molecule is COc1ccc(OCCCC(=O)OC(C)C(=O)N(C)Cc2ccccc2)cc1. The third-order valence-corrected chi connectivity index (χ3v) is 4.15. The minimum atomic E-state index is -0.816. The molecule has 2 rings (SSSR count). The Labute approximate surface area is 166 Å². The van der Waals surface area contributed by atoms with Gasteiger partial charge in [-0.05, 0) is 43.2 Å². The van der Waals surface area contributed by atoms with E-state index in [2.05, 4.69) is 0 Å². The van der Waals surface area contributed by atoms with Crippen molar-refractivity contribution < 1.29 is 23.8 Å². The van der Waals surface area contributed by atoms with Crippen molar-refractivity contribution in [3.8, 4) is 11.5 Å². The number of rotatable bonds is 10. The smallest absolute Gasteiger partial charge is 0.306 e. The van der Waals surface area contributed by atoms with E-state index in [4.69, 9.17) is 14.2 Å². The third kappa shape index (κ3) is 6.95. The number of methoxy groups -OCH3 is 1. The fourth-order valence-electron chi connectivity index (χ4n) is 2.63. The van der Waals surface area contributed by atoms with Crippen LogP contribution in [0.3, 0.4) is 0 Å². The predicted octanol–water partition coefficient (Wildman–Crippen LogP) is 3.44. The largest absolute Gasteiger partial charge is 0.497 e. The number of hydrogen-bond donors (Lipinski definition) is 0. The number of hydrogen-bond acceptors (Lipinski definition) is 5. The summed E-state index contributed by atoms with van der Waals surface area (Å²) in [7, 11) is 3.30. The van der Waals surface area contributed by atoms with Crippen molar-refractivity contribution in [2.24, 2.45) is 0 Å². The second-order valence-electron chi connectivity index (χ2n) is 6.44. The highest BCUT2D eigenvalue weighted by atomic mass is 16.5. The van der Waals surface area contributed by atoms with Crippen LogP contribution in [-0.2, 0) is 20.9 Å². The summed E-state index contributed by atoms with van der Waals surface area (Å²) < 4.78 is 15.9. The summed E-state index contributed by atoms with van der Waals surface area (Å²) in [6, 6.07) is 16.9. The zero-order chi connectivity index (χ0) is 20.4. The fraction of sp³-hybridized carbons (Fsp3) is 0.364. The molecule has 0 heterocycles. The van der Waals surface area contributed by atoms with E-state index in [1.165, 1.54) is 0 Å². The number of ether oxygens (including phenoxy) is 3. The minimum absolute atomic E-state index is 0.191. The van der Waals surface area contributed by atoms with Gasteiger partial charge in [0.25, 0.3) is 5.91 Å². The van der Waals surface area contributed by atoms with Gasteiger partial charge in [0.05, 0.1) is 13.7 Å². The molecule has 28 heavy (non-hydrogen) atoms. The second-order valence-corrected chi connectivity index (χ2v) is 6.44. The topological polar surface area (TPSA) is 65.1 Å². The summed E-state index contributed by atoms with van der Waals surface area (Å²) >= 11 is 0. The molecule has 0 aliphatic heterocycles. The van der Waals surface area contributed by atoms with Crippen molar-refractivity contribution in [3.63, 3.8) is 0 Å². The number of likely N-dealkylation sites (N-methyl/N-ethyl adjacent to an activating group) is 1. The van der Waals surface area contributed by atoms with Crippen molar-refractivity contribution in [2.75, 3.05) is 20.8 Å². The molecule has 0 saturated carbocycles. The van der Waals surface area contributed by atoms with Crippen molar-refractivity contribution in [3.05, 3.63) is 60.2 Å². The van der Waals surface area contributed by atoms with Crippen LogP contribution in [-0.4, -0.2) is 43.6 Å². The van der Waals surface area contributed by atoms with E-state index in [-0.39, 0.29) is 12.3 Å². The summed E-state index contributed by atoms with van der Waals surface area (Å²) in [4.78, 5) is 25.9. The van der Waals surface area contributed by atoms with Crippen molar-refractivity contribution in [2.45, 2.75) is 32.4 Å². The average Bonchev–Trinajstić information content (AvgIpc) is 2.71. The van der Waals surface area contributed by atoms with E-state index in [0.29, 0.717) is 25.3 Å². The maximum Gasteiger partial charge on any atom is 0.306 e. The van der Waals surface area contributed by atoms with Gasteiger partial charge in [0.1, 0.15) is 11.5 Å². The van der Waals surface area contributed by atoms with Crippen LogP contribution in [0.15, 0.2) is 54.6 Å². The Hall–Kier alpha value is -3.02. The second kappa shape index (κ2) is 11.0. The molecule has 1 unspecified atom stereocenters. The molecule has 0 radical (unpaired) electrons. The maximum atomic E-state index is 12.4. The molecule has 0 N–H and O–H groups in total. The van der Waals surface area contributed by atoms with E-state index in [1.54, 1.807) is 38.1 Å². The van der Waals surface area contributed by atoms with Crippen LogP contribution in [0.25, 0.3) is 0 Å². The normalized spacial score (nSPS) is 11.4. The van der Waals surface area contributed by atoms with Gasteiger partial charge in [-0.3, -0.25) is 9.59 Å². The first-order valence-electron chi connectivity index (χ1n) is 9.25. The Balaban J connectivity index is 1.67. The average molecular weight is 385 g/mol. The third-order valence-electron chi connectivity index (χ3n) is 4.15. The first kappa shape index (κ1) is 21.3. The lowest BCUT2D eigenvalue weighted by atomic mass is 10.2. The van der Waals surface area contributed by atoms with Gasteiger partial charge in [-0.15, -0.1) is 0 Å². The Morgan fingerprint density at radius 3 is 2.29 bits per heavy atom. The quantitative estimate of drug-likeness (QED) is 0.463. The first-order valence-corrected chi connectivity index (χ1v) is 9.25. The van der Waals surface area contributed by atoms with Crippen LogP contribution >= 0.6 is 0 Å². The van der Waals surface area contributed by atoms with Gasteiger partial charge in [-0.2, -0.15) is 0 Å². The van der Waals surface area contributed by atoms with Gasteiger partial charge < -0.3 is 19.1 Å². The highest BCUT2D eigenvalue weighted by Crippen LogP contribution is 2.17. The highest BCUT2D eigenvalue weighted by Gasteiger charge is 2.21. The number of carbonyl (C=O) groups excluding carboxylic acids is 2. The molecule has 1 amide bonds. The molecule has 6 nitrogen and oxygen atoms in total. The summed E-state index contributed by atoms with van der Waals surface area (Å²) in [5, 5.41) is 0. The Kier molecular flexibility index (Phi) is 8.34. The lowest BCUT2D eigenvalue weighted by molar-refractivity contribution is -0.158. The molecular formula is C22H27NO5. The van der Waals surface area contributed by atoms with Crippen molar-refractivity contribution >= 4 is 11.9 Å². The van der Waals surface area contributed by atoms with Gasteiger partial charge in [0.2, 0.25) is 0 Å². The van der Waals surface area contributed by atoms with Crippen LogP contribution in [0, 0.1) is 0 Å². The van der Waals surface area contributed by atoms with Crippen molar-refractivity contribution in [1.29, 1.82) is 0 Å². The van der Waals surface area contributed by atoms with Crippen molar-refractivity contribution in [1.82, 2.24) is 4.90 Å². The molecule has 0 saturated heterocycles. The summed E-state index contributed by atoms with van der Waals surface area (Å²) in [6.07, 6.45) is -0.120. The van der Waals surface area contributed by atoms with Crippen LogP contribution < -0.4 is 9.47 Å². The van der Waals surface area contributed by atoms with Crippen LogP contribution in [0.4, 0.5) is 0 Å². The lowest BCUT2D eigenvalue weighted by Crippen LogP contribution is -2.37. The van der Waals surface area contributed by atoms with Crippen LogP contribution in [0.2, 0.25) is 0 Å². The van der Waals surface area contributed by atoms with Gasteiger partial charge in [0.15, 0.2) is 6.10 Å². The monoisotopic (exact) mass is 385 g/mol. The molecule has 0 spiro atoms. The molecular weight excluding hydrogens is 358 g/mol. The zero-order valence-electron chi connectivity index (χ0n) is 16.6. The molecule has 1 atom stereocenters. The van der Waals surface area contributed by atoms with E-state index in [1.807, 2.05) is 42.5 Å². The van der Waals surface area contributed by atoms with E-state index in [9.17, 15) is 9.59 Å². The molecule has 0 aromatic heterocycles. The Morgan fingerprint density at radius 2 is 1.64 bits per heavy atom. The minimum Gasteiger partial charge on any atom is -0.497 e. The van der Waals surface area contributed by atoms with E-state index in [0.717, 1.165) is 11.3 Å². The molecule has 0 aliphatic carbocycles. The number of esters is 1. The molecule has 0 fully saturated rings. The van der Waals surface area contributed by atoms with Gasteiger partial charge in [0, 0.05) is 20.0 Å². The van der Waals surface area contributed by atoms with Gasteiger partial charge in [-0.1, -0.05) is 30.3 Å². The molecule has 2 aromatic carbocycles. The zero-order valence-corrected chi connectivity index (χ0v) is 16.6. The molecule has 150 valence electrons.